The first-order chi connectivity index (χ1) is 19.3. The van der Waals surface area contributed by atoms with Gasteiger partial charge in [-0.15, -0.1) is 0 Å². The summed E-state index contributed by atoms with van der Waals surface area (Å²) >= 11 is 12.9. The molecule has 1 aliphatic heterocycles. The number of nitrogens with one attached hydrogen (secondary N) is 1. The molecule has 0 aliphatic carbocycles. The fourth-order valence-corrected chi connectivity index (χ4v) is 4.79. The SMILES string of the molecule is Cc1cc(-c2ccc(C(F)(F)F)cc2C#N)nc2ccc(Oc3c(Cl)cc(N4N=C(N)C(O)NC4O)cc3Cl)cc12. The van der Waals surface area contributed by atoms with Crippen molar-refractivity contribution in [3.63, 3.8) is 0 Å². The molecule has 3 aromatic carbocycles. The minimum Gasteiger partial charge on any atom is -0.454 e. The number of ether oxygens (including phenoxy) is 1. The number of hydrazone groups is 1. The van der Waals surface area contributed by atoms with E-state index in [1.165, 1.54) is 18.2 Å². The number of nitriles is 1. The predicted molar refractivity (Wildman–Crippen MR) is 147 cm³/mol. The summed E-state index contributed by atoms with van der Waals surface area (Å²) in [5, 5.41) is 37.7. The molecule has 0 spiro atoms. The minimum absolute atomic E-state index is 0.0937. The maximum Gasteiger partial charge on any atom is 0.416 e. The smallest absolute Gasteiger partial charge is 0.416 e. The van der Waals surface area contributed by atoms with Gasteiger partial charge in [-0.2, -0.15) is 23.5 Å². The van der Waals surface area contributed by atoms with Crippen molar-refractivity contribution in [2.24, 2.45) is 10.8 Å². The van der Waals surface area contributed by atoms with Gasteiger partial charge in [0.15, 0.2) is 17.8 Å². The molecule has 0 saturated carbocycles. The maximum atomic E-state index is 13.1. The Morgan fingerprint density at radius 2 is 1.78 bits per heavy atom. The van der Waals surface area contributed by atoms with E-state index in [-0.39, 0.29) is 38.4 Å². The quantitative estimate of drug-likeness (QED) is 0.241. The monoisotopic (exact) mass is 602 g/mol. The van der Waals surface area contributed by atoms with Gasteiger partial charge in [0, 0.05) is 10.9 Å². The van der Waals surface area contributed by atoms with Gasteiger partial charge in [-0.1, -0.05) is 29.3 Å². The van der Waals surface area contributed by atoms with Crippen molar-refractivity contribution >= 4 is 45.6 Å². The van der Waals surface area contributed by atoms with Gasteiger partial charge in [0.05, 0.1) is 44.1 Å². The van der Waals surface area contributed by atoms with Crippen LogP contribution < -0.4 is 20.8 Å². The number of alkyl halides is 3. The molecule has 4 aromatic rings. The van der Waals surface area contributed by atoms with Crippen LogP contribution in [0.2, 0.25) is 10.0 Å². The fraction of sp³-hybridized carbons (Fsp3) is 0.148. The summed E-state index contributed by atoms with van der Waals surface area (Å²) in [6.07, 6.45) is -7.29. The van der Waals surface area contributed by atoms with E-state index >= 15 is 0 Å². The van der Waals surface area contributed by atoms with E-state index in [0.29, 0.717) is 22.3 Å². The zero-order valence-electron chi connectivity index (χ0n) is 20.9. The Morgan fingerprint density at radius 3 is 2.44 bits per heavy atom. The molecule has 2 atom stereocenters. The fourth-order valence-electron chi connectivity index (χ4n) is 4.24. The van der Waals surface area contributed by atoms with Gasteiger partial charge in [-0.3, -0.25) is 0 Å². The van der Waals surface area contributed by atoms with Crippen molar-refractivity contribution < 1.29 is 28.1 Å². The number of fused-ring (bicyclic) bond motifs is 1. The maximum absolute atomic E-state index is 13.1. The number of aryl methyl sites for hydroxylation is 1. The number of anilines is 1. The topological polar surface area (TPSA) is 140 Å². The molecule has 14 heteroatoms. The number of aliphatic hydroxyl groups is 2. The summed E-state index contributed by atoms with van der Waals surface area (Å²) in [5.74, 6) is 0.316. The van der Waals surface area contributed by atoms with Crippen LogP contribution in [-0.2, 0) is 6.18 Å². The van der Waals surface area contributed by atoms with E-state index in [9.17, 15) is 28.6 Å². The number of hydrogen-bond acceptors (Lipinski definition) is 9. The van der Waals surface area contributed by atoms with Crippen LogP contribution in [0.25, 0.3) is 22.2 Å². The number of nitrogens with two attached hydrogens (primary N) is 1. The highest BCUT2D eigenvalue weighted by Crippen LogP contribution is 2.41. The highest BCUT2D eigenvalue weighted by molar-refractivity contribution is 6.37. The van der Waals surface area contributed by atoms with Gasteiger partial charge in [0.2, 0.25) is 6.35 Å². The molecule has 0 radical (unpaired) electrons. The van der Waals surface area contributed by atoms with E-state index < -0.39 is 24.3 Å². The van der Waals surface area contributed by atoms with Crippen molar-refractivity contribution in [1.29, 1.82) is 5.26 Å². The number of aromatic nitrogens is 1. The van der Waals surface area contributed by atoms with Crippen LogP contribution in [0, 0.1) is 18.3 Å². The highest BCUT2D eigenvalue weighted by Gasteiger charge is 2.31. The van der Waals surface area contributed by atoms with Crippen LogP contribution in [0.4, 0.5) is 18.9 Å². The molecule has 5 N–H and O–H groups in total. The van der Waals surface area contributed by atoms with Crippen LogP contribution in [0.1, 0.15) is 16.7 Å². The van der Waals surface area contributed by atoms with Gasteiger partial charge >= 0.3 is 6.18 Å². The molecule has 0 fully saturated rings. The van der Waals surface area contributed by atoms with E-state index in [2.05, 4.69) is 15.4 Å². The zero-order chi connectivity index (χ0) is 29.6. The Morgan fingerprint density at radius 1 is 1.07 bits per heavy atom. The molecule has 5 rings (SSSR count). The molecule has 0 bridgehead atoms. The number of nitrogens with zero attached hydrogens (tertiary/aromatic N) is 4. The molecule has 1 aliphatic rings. The number of benzene rings is 3. The lowest BCUT2D eigenvalue weighted by Crippen LogP contribution is -2.57. The van der Waals surface area contributed by atoms with E-state index in [1.807, 2.05) is 6.07 Å². The lowest BCUT2D eigenvalue weighted by molar-refractivity contribution is -0.137. The molecule has 0 saturated heterocycles. The van der Waals surface area contributed by atoms with Crippen molar-refractivity contribution in [3.05, 3.63) is 81.3 Å². The van der Waals surface area contributed by atoms with E-state index in [4.69, 9.17) is 33.7 Å². The third-order valence-corrected chi connectivity index (χ3v) is 6.80. The number of rotatable bonds is 4. The number of hydrogen-bond donors (Lipinski definition) is 4. The molecule has 2 unspecified atom stereocenters. The van der Waals surface area contributed by atoms with E-state index in [0.717, 1.165) is 22.7 Å². The van der Waals surface area contributed by atoms with Crippen molar-refractivity contribution in [1.82, 2.24) is 10.3 Å². The summed E-state index contributed by atoms with van der Waals surface area (Å²) < 4.78 is 45.3. The van der Waals surface area contributed by atoms with Gasteiger partial charge in [-0.05, 0) is 61.0 Å². The van der Waals surface area contributed by atoms with Crippen molar-refractivity contribution in [2.75, 3.05) is 5.01 Å². The first-order valence-electron chi connectivity index (χ1n) is 11.8. The molecule has 9 nitrogen and oxygen atoms in total. The first kappa shape index (κ1) is 28.4. The number of pyridine rings is 1. The summed E-state index contributed by atoms with van der Waals surface area (Å²) in [4.78, 5) is 4.56. The van der Waals surface area contributed by atoms with Crippen LogP contribution in [0.3, 0.4) is 0 Å². The molecular formula is C27H19Cl2F3N6O3. The molecular weight excluding hydrogens is 584 g/mol. The third-order valence-electron chi connectivity index (χ3n) is 6.24. The standard InChI is InChI=1S/C27H19Cl2F3N6O3/c1-12-6-22(17-4-2-14(27(30,31)32)7-13(17)11-33)35-21-5-3-16(10-18(12)21)41-23-19(28)8-15(9-20(23)29)38-26(40)36-25(39)24(34)37-38/h2-10,25-26,36,39-40H,1H3,(H2,34,37). The van der Waals surface area contributed by atoms with E-state index in [1.54, 1.807) is 31.2 Å². The second kappa shape index (κ2) is 10.7. The first-order valence-corrected chi connectivity index (χ1v) is 12.6. The molecule has 2 heterocycles. The lowest BCUT2D eigenvalue weighted by atomic mass is 9.99. The van der Waals surface area contributed by atoms with Crippen LogP contribution in [-0.4, -0.2) is 33.6 Å². The largest absolute Gasteiger partial charge is 0.454 e. The van der Waals surface area contributed by atoms with Crippen LogP contribution in [0.5, 0.6) is 11.5 Å². The number of halogens is 5. The summed E-state index contributed by atoms with van der Waals surface area (Å²) in [5.41, 5.74) is 6.74. The zero-order valence-corrected chi connectivity index (χ0v) is 22.4. The normalized spacial score (nSPS) is 17.3. The Labute approximate surface area is 240 Å². The predicted octanol–water partition coefficient (Wildman–Crippen LogP) is 5.48. The molecule has 1 aromatic heterocycles. The van der Waals surface area contributed by atoms with Crippen molar-refractivity contribution in [3.8, 4) is 28.8 Å². The minimum atomic E-state index is -4.57. The Hall–Kier alpha value is -4.12. The molecule has 210 valence electrons. The Bertz CT molecular complexity index is 1740. The average Bonchev–Trinajstić information content (AvgIpc) is 2.92. The summed E-state index contributed by atoms with van der Waals surface area (Å²) in [6.45, 7) is 1.79. The van der Waals surface area contributed by atoms with Crippen molar-refractivity contribution in [2.45, 2.75) is 25.7 Å². The van der Waals surface area contributed by atoms with Crippen LogP contribution >= 0.6 is 23.2 Å². The van der Waals surface area contributed by atoms with Crippen LogP contribution in [0.15, 0.2) is 59.7 Å². The highest BCUT2D eigenvalue weighted by atomic mass is 35.5. The van der Waals surface area contributed by atoms with Gasteiger partial charge in [0.25, 0.3) is 0 Å². The second-order valence-corrected chi connectivity index (χ2v) is 9.84. The third kappa shape index (κ3) is 5.58. The number of aliphatic hydroxyl groups excluding tert-OH is 2. The second-order valence-electron chi connectivity index (χ2n) is 9.03. The van der Waals surface area contributed by atoms with Gasteiger partial charge in [-0.25, -0.2) is 15.3 Å². The lowest BCUT2D eigenvalue weighted by Gasteiger charge is -2.32. The Balaban J connectivity index is 1.46. The van der Waals surface area contributed by atoms with Gasteiger partial charge < -0.3 is 20.7 Å². The summed E-state index contributed by atoms with van der Waals surface area (Å²) in [7, 11) is 0. The van der Waals surface area contributed by atoms with Gasteiger partial charge in [0.1, 0.15) is 5.75 Å². The average molecular weight is 603 g/mol. The Kier molecular flexibility index (Phi) is 7.41. The number of amidine groups is 1. The summed E-state index contributed by atoms with van der Waals surface area (Å²) in [6, 6.07) is 14.3. The molecule has 41 heavy (non-hydrogen) atoms. The molecule has 0 amide bonds.